The normalized spacial score (nSPS) is 15.9. The summed E-state index contributed by atoms with van der Waals surface area (Å²) in [5.41, 5.74) is 0.973. The van der Waals surface area contributed by atoms with Crippen molar-refractivity contribution in [3.8, 4) is 0 Å². The maximum absolute atomic E-state index is 12.8. The van der Waals surface area contributed by atoms with Crippen LogP contribution in [-0.4, -0.2) is 18.8 Å². The van der Waals surface area contributed by atoms with E-state index in [1.54, 1.807) is 21.7 Å². The topological polar surface area (TPSA) is 37.4 Å². The molecule has 108 valence electrons. The van der Waals surface area contributed by atoms with Gasteiger partial charge in [0.05, 0.1) is 3.79 Å². The van der Waals surface area contributed by atoms with E-state index in [1.165, 1.54) is 11.3 Å². The second-order valence-electron chi connectivity index (χ2n) is 4.88. The Morgan fingerprint density at radius 2 is 2.20 bits per heavy atom. The van der Waals surface area contributed by atoms with Crippen LogP contribution in [-0.2, 0) is 16.6 Å². The van der Waals surface area contributed by atoms with Crippen LogP contribution in [0.2, 0.25) is 0 Å². The molecule has 3 rings (SSSR count). The number of hydrogen-bond donors (Lipinski definition) is 0. The molecule has 2 aromatic heterocycles. The molecule has 2 aromatic rings. The van der Waals surface area contributed by atoms with Crippen LogP contribution < -0.4 is 0 Å². The number of rotatable bonds is 5. The third-order valence-electron chi connectivity index (χ3n) is 3.24. The van der Waals surface area contributed by atoms with Crippen LogP contribution in [0, 0.1) is 6.92 Å². The average molecular weight is 392 g/mol. The number of aryl methyl sites for hydroxylation is 1. The standard InChI is InChI=1S/C13H14BrNO2S3/c1-9-7-12(19-13(9)14)20(16,17)15(10-4-5-10)8-11-3-2-6-18-11/h2-3,6-7,10H,4-5,8H2,1H3. The Hall–Kier alpha value is -0.210. The fourth-order valence-electron chi connectivity index (χ4n) is 2.00. The van der Waals surface area contributed by atoms with Gasteiger partial charge in [-0.1, -0.05) is 6.07 Å². The van der Waals surface area contributed by atoms with Gasteiger partial charge in [0.15, 0.2) is 0 Å². The molecule has 3 nitrogen and oxygen atoms in total. The van der Waals surface area contributed by atoms with E-state index in [1.807, 2.05) is 24.4 Å². The zero-order valence-electron chi connectivity index (χ0n) is 10.9. The van der Waals surface area contributed by atoms with Crippen molar-refractivity contribution in [1.29, 1.82) is 0 Å². The largest absolute Gasteiger partial charge is 0.253 e. The second kappa shape index (κ2) is 5.53. The van der Waals surface area contributed by atoms with E-state index in [4.69, 9.17) is 0 Å². The van der Waals surface area contributed by atoms with Gasteiger partial charge < -0.3 is 0 Å². The summed E-state index contributed by atoms with van der Waals surface area (Å²) in [6.45, 7) is 2.40. The molecule has 0 aromatic carbocycles. The molecule has 1 aliphatic carbocycles. The Bertz CT molecular complexity index is 683. The monoisotopic (exact) mass is 391 g/mol. The fraction of sp³-hybridized carbons (Fsp3) is 0.385. The summed E-state index contributed by atoms with van der Waals surface area (Å²) < 4.78 is 28.6. The first kappa shape index (κ1) is 14.7. The lowest BCUT2D eigenvalue weighted by molar-refractivity contribution is 0.403. The Kier molecular flexibility index (Phi) is 4.07. The highest BCUT2D eigenvalue weighted by molar-refractivity contribution is 9.11. The van der Waals surface area contributed by atoms with Gasteiger partial charge in [0.25, 0.3) is 10.0 Å². The lowest BCUT2D eigenvalue weighted by Crippen LogP contribution is -2.31. The number of halogens is 1. The van der Waals surface area contributed by atoms with Gasteiger partial charge in [-0.3, -0.25) is 0 Å². The lowest BCUT2D eigenvalue weighted by atomic mass is 10.4. The molecule has 20 heavy (non-hydrogen) atoms. The van der Waals surface area contributed by atoms with Gasteiger partial charge in [0.2, 0.25) is 0 Å². The van der Waals surface area contributed by atoms with Crippen molar-refractivity contribution in [2.75, 3.05) is 0 Å². The van der Waals surface area contributed by atoms with E-state index >= 15 is 0 Å². The molecular weight excluding hydrogens is 378 g/mol. The van der Waals surface area contributed by atoms with Crippen LogP contribution in [0.1, 0.15) is 23.3 Å². The molecule has 0 aliphatic heterocycles. The maximum atomic E-state index is 12.8. The fourth-order valence-corrected chi connectivity index (χ4v) is 6.81. The number of nitrogens with zero attached hydrogens (tertiary/aromatic N) is 1. The molecule has 0 N–H and O–H groups in total. The maximum Gasteiger partial charge on any atom is 0.253 e. The first-order valence-corrected chi connectivity index (χ1v) is 10.2. The van der Waals surface area contributed by atoms with Gasteiger partial charge in [-0.15, -0.1) is 22.7 Å². The van der Waals surface area contributed by atoms with Crippen LogP contribution in [0.25, 0.3) is 0 Å². The van der Waals surface area contributed by atoms with Crippen LogP contribution in [0.4, 0.5) is 0 Å². The predicted octanol–water partition coefficient (Wildman–Crippen LogP) is 4.23. The average Bonchev–Trinajstić information content (AvgIpc) is 2.98. The summed E-state index contributed by atoms with van der Waals surface area (Å²) in [5, 5.41) is 1.99. The third kappa shape index (κ3) is 2.87. The van der Waals surface area contributed by atoms with Crippen molar-refractivity contribution >= 4 is 48.6 Å². The number of sulfonamides is 1. The molecule has 0 radical (unpaired) electrons. The third-order valence-corrected chi connectivity index (χ3v) is 8.59. The quantitative estimate of drug-likeness (QED) is 0.764. The minimum atomic E-state index is -3.39. The molecule has 0 spiro atoms. The van der Waals surface area contributed by atoms with Crippen molar-refractivity contribution in [2.45, 2.75) is 36.6 Å². The molecule has 0 unspecified atom stereocenters. The molecule has 2 heterocycles. The summed E-state index contributed by atoms with van der Waals surface area (Å²) in [4.78, 5) is 1.09. The summed E-state index contributed by atoms with van der Waals surface area (Å²) in [6, 6.07) is 5.88. The van der Waals surface area contributed by atoms with Crippen molar-refractivity contribution in [1.82, 2.24) is 4.31 Å². The highest BCUT2D eigenvalue weighted by atomic mass is 79.9. The summed E-state index contributed by atoms with van der Waals surface area (Å²) in [7, 11) is -3.39. The van der Waals surface area contributed by atoms with Crippen molar-refractivity contribution in [2.24, 2.45) is 0 Å². The number of thiophene rings is 2. The summed E-state index contributed by atoms with van der Waals surface area (Å²) >= 11 is 6.31. The van der Waals surface area contributed by atoms with Gasteiger partial charge in [-0.05, 0) is 58.8 Å². The SMILES string of the molecule is Cc1cc(S(=O)(=O)N(Cc2cccs2)C2CC2)sc1Br. The number of hydrogen-bond acceptors (Lipinski definition) is 4. The van der Waals surface area contributed by atoms with Gasteiger partial charge in [0.1, 0.15) is 4.21 Å². The van der Waals surface area contributed by atoms with Crippen LogP contribution >= 0.6 is 38.6 Å². The van der Waals surface area contributed by atoms with Crippen LogP contribution in [0.3, 0.4) is 0 Å². The minimum absolute atomic E-state index is 0.170. The van der Waals surface area contributed by atoms with Gasteiger partial charge in [-0.2, -0.15) is 4.31 Å². The highest BCUT2D eigenvalue weighted by Gasteiger charge is 2.39. The van der Waals surface area contributed by atoms with Crippen molar-refractivity contribution in [3.05, 3.63) is 37.8 Å². The van der Waals surface area contributed by atoms with E-state index < -0.39 is 10.0 Å². The van der Waals surface area contributed by atoms with Crippen molar-refractivity contribution in [3.63, 3.8) is 0 Å². The molecule has 1 saturated carbocycles. The molecule has 1 fully saturated rings. The van der Waals surface area contributed by atoms with Crippen LogP contribution in [0.5, 0.6) is 0 Å². The van der Waals surface area contributed by atoms with Gasteiger partial charge in [-0.25, -0.2) is 8.42 Å². The molecule has 0 saturated heterocycles. The molecular formula is C13H14BrNO2S3. The van der Waals surface area contributed by atoms with Crippen LogP contribution in [0.15, 0.2) is 31.6 Å². The Balaban J connectivity index is 1.93. The van der Waals surface area contributed by atoms with Gasteiger partial charge in [0, 0.05) is 17.5 Å². The summed E-state index contributed by atoms with van der Waals surface area (Å²) in [5.74, 6) is 0. The first-order valence-electron chi connectivity index (χ1n) is 6.28. The van der Waals surface area contributed by atoms with E-state index in [-0.39, 0.29) is 6.04 Å². The Morgan fingerprint density at radius 1 is 1.45 bits per heavy atom. The van der Waals surface area contributed by atoms with E-state index in [9.17, 15) is 8.42 Å². The van der Waals surface area contributed by atoms with E-state index in [0.29, 0.717) is 10.8 Å². The molecule has 0 atom stereocenters. The summed E-state index contributed by atoms with van der Waals surface area (Å²) in [6.07, 6.45) is 1.94. The lowest BCUT2D eigenvalue weighted by Gasteiger charge is -2.20. The zero-order valence-corrected chi connectivity index (χ0v) is 14.9. The van der Waals surface area contributed by atoms with E-state index in [2.05, 4.69) is 15.9 Å². The molecule has 0 bridgehead atoms. The van der Waals surface area contributed by atoms with Crippen molar-refractivity contribution < 1.29 is 8.42 Å². The van der Waals surface area contributed by atoms with Gasteiger partial charge >= 0.3 is 0 Å². The Labute approximate surface area is 135 Å². The minimum Gasteiger partial charge on any atom is -0.206 e. The predicted molar refractivity (Wildman–Crippen MR) is 86.8 cm³/mol. The Morgan fingerprint density at radius 3 is 2.70 bits per heavy atom. The first-order chi connectivity index (χ1) is 9.48. The molecule has 1 aliphatic rings. The zero-order chi connectivity index (χ0) is 14.3. The molecule has 7 heteroatoms. The molecule has 0 amide bonds. The highest BCUT2D eigenvalue weighted by Crippen LogP contribution is 2.38. The second-order valence-corrected chi connectivity index (χ2v) is 10.4. The smallest absolute Gasteiger partial charge is 0.206 e. The van der Waals surface area contributed by atoms with E-state index in [0.717, 1.165) is 27.1 Å².